The molecule has 0 heterocycles. The van der Waals surface area contributed by atoms with Crippen LogP contribution in [-0.2, 0) is 4.74 Å². The van der Waals surface area contributed by atoms with Crippen molar-refractivity contribution in [3.05, 3.63) is 29.3 Å². The number of ether oxygens (including phenoxy) is 2. The van der Waals surface area contributed by atoms with E-state index in [9.17, 15) is 0 Å². The first-order valence-electron chi connectivity index (χ1n) is 3.90. The lowest BCUT2D eigenvalue weighted by molar-refractivity contribution is 0.0506. The topological polar surface area (TPSA) is 42.2 Å². The molecule has 1 rings (SSSR count). The van der Waals surface area contributed by atoms with Crippen LogP contribution in [0, 0.1) is 18.3 Å². The third kappa shape index (κ3) is 2.46. The largest absolute Gasteiger partial charge is 0.467 e. The van der Waals surface area contributed by atoms with Crippen LogP contribution in [0.15, 0.2) is 18.2 Å². The van der Waals surface area contributed by atoms with Gasteiger partial charge in [-0.3, -0.25) is 0 Å². The molecule has 13 heavy (non-hydrogen) atoms. The minimum absolute atomic E-state index is 0.204. The molecule has 0 N–H and O–H groups in total. The van der Waals surface area contributed by atoms with Gasteiger partial charge in [-0.25, -0.2) is 0 Å². The Bertz CT molecular complexity index is 328. The van der Waals surface area contributed by atoms with Crippen LogP contribution < -0.4 is 4.74 Å². The van der Waals surface area contributed by atoms with Gasteiger partial charge in [0.15, 0.2) is 6.79 Å². The maximum atomic E-state index is 8.64. The minimum Gasteiger partial charge on any atom is -0.467 e. The lowest BCUT2D eigenvalue weighted by Crippen LogP contribution is -2.00. The number of methoxy groups -OCH3 is 1. The van der Waals surface area contributed by atoms with Crippen molar-refractivity contribution in [1.29, 1.82) is 5.26 Å². The monoisotopic (exact) mass is 177 g/mol. The molecule has 0 bridgehead atoms. The van der Waals surface area contributed by atoms with Crippen LogP contribution in [0.2, 0.25) is 0 Å². The second-order valence-electron chi connectivity index (χ2n) is 2.64. The molecule has 0 saturated carbocycles. The van der Waals surface area contributed by atoms with Crippen LogP contribution >= 0.6 is 0 Å². The zero-order valence-electron chi connectivity index (χ0n) is 7.70. The van der Waals surface area contributed by atoms with Crippen LogP contribution in [0.4, 0.5) is 0 Å². The van der Waals surface area contributed by atoms with Gasteiger partial charge in [-0.2, -0.15) is 5.26 Å². The van der Waals surface area contributed by atoms with Gasteiger partial charge in [-0.05, 0) is 24.6 Å². The number of hydrogen-bond donors (Lipinski definition) is 0. The van der Waals surface area contributed by atoms with E-state index in [1.165, 1.54) is 0 Å². The van der Waals surface area contributed by atoms with E-state index in [0.29, 0.717) is 11.3 Å². The fraction of sp³-hybridized carbons (Fsp3) is 0.300. The predicted molar refractivity (Wildman–Crippen MR) is 48.4 cm³/mol. The number of hydrogen-bond acceptors (Lipinski definition) is 3. The zero-order chi connectivity index (χ0) is 9.68. The molecule has 3 heteroatoms. The van der Waals surface area contributed by atoms with Crippen molar-refractivity contribution >= 4 is 0 Å². The molecule has 0 radical (unpaired) electrons. The van der Waals surface area contributed by atoms with Crippen molar-refractivity contribution in [3.63, 3.8) is 0 Å². The second kappa shape index (κ2) is 4.48. The molecule has 1 aromatic carbocycles. The standard InChI is InChI=1S/C10H11NO2/c1-8-3-4-9(6-11)5-10(8)13-7-12-2/h3-5H,7H2,1-2H3. The van der Waals surface area contributed by atoms with Crippen molar-refractivity contribution < 1.29 is 9.47 Å². The second-order valence-corrected chi connectivity index (χ2v) is 2.64. The van der Waals surface area contributed by atoms with Crippen molar-refractivity contribution in [3.8, 4) is 11.8 Å². The Kier molecular flexibility index (Phi) is 3.30. The minimum atomic E-state index is 0.204. The van der Waals surface area contributed by atoms with Gasteiger partial charge in [0.25, 0.3) is 0 Å². The quantitative estimate of drug-likeness (QED) is 0.661. The van der Waals surface area contributed by atoms with Crippen molar-refractivity contribution in [1.82, 2.24) is 0 Å². The highest BCUT2D eigenvalue weighted by Crippen LogP contribution is 2.18. The van der Waals surface area contributed by atoms with Crippen molar-refractivity contribution in [2.75, 3.05) is 13.9 Å². The number of aryl methyl sites for hydroxylation is 1. The van der Waals surface area contributed by atoms with Gasteiger partial charge < -0.3 is 9.47 Å². The normalized spacial score (nSPS) is 9.31. The molecule has 68 valence electrons. The number of nitrogens with zero attached hydrogens (tertiary/aromatic N) is 1. The van der Waals surface area contributed by atoms with E-state index >= 15 is 0 Å². The lowest BCUT2D eigenvalue weighted by atomic mass is 10.1. The Hall–Kier alpha value is -1.53. The maximum absolute atomic E-state index is 8.64. The van der Waals surface area contributed by atoms with Crippen LogP contribution in [0.1, 0.15) is 11.1 Å². The molecular weight excluding hydrogens is 166 g/mol. The molecule has 0 atom stereocenters. The molecule has 0 amide bonds. The Labute approximate surface area is 77.5 Å². The molecule has 0 spiro atoms. The molecule has 0 aliphatic heterocycles. The third-order valence-corrected chi connectivity index (χ3v) is 1.65. The lowest BCUT2D eigenvalue weighted by Gasteiger charge is -2.07. The summed E-state index contributed by atoms with van der Waals surface area (Å²) in [5.74, 6) is 0.695. The Balaban J connectivity index is 2.85. The molecule has 0 fully saturated rings. The van der Waals surface area contributed by atoms with Crippen LogP contribution in [0.5, 0.6) is 5.75 Å². The first kappa shape index (κ1) is 9.56. The van der Waals surface area contributed by atoms with Crippen molar-refractivity contribution in [2.45, 2.75) is 6.92 Å². The summed E-state index contributed by atoms with van der Waals surface area (Å²) < 4.78 is 10.0. The van der Waals surface area contributed by atoms with Crippen LogP contribution in [0.3, 0.4) is 0 Å². The zero-order valence-corrected chi connectivity index (χ0v) is 7.70. The summed E-state index contributed by atoms with van der Waals surface area (Å²) in [6.45, 7) is 2.13. The first-order valence-corrected chi connectivity index (χ1v) is 3.90. The molecule has 0 aliphatic carbocycles. The predicted octanol–water partition coefficient (Wildman–Crippen LogP) is 1.85. The number of nitriles is 1. The van der Waals surface area contributed by atoms with E-state index in [-0.39, 0.29) is 6.79 Å². The third-order valence-electron chi connectivity index (χ3n) is 1.65. The van der Waals surface area contributed by atoms with Gasteiger partial charge in [0, 0.05) is 7.11 Å². The van der Waals surface area contributed by atoms with E-state index < -0.39 is 0 Å². The molecule has 3 nitrogen and oxygen atoms in total. The van der Waals surface area contributed by atoms with E-state index in [1.54, 1.807) is 19.2 Å². The molecular formula is C10H11NO2. The smallest absolute Gasteiger partial charge is 0.188 e. The summed E-state index contributed by atoms with van der Waals surface area (Å²) in [5.41, 5.74) is 1.59. The summed E-state index contributed by atoms with van der Waals surface area (Å²) in [4.78, 5) is 0. The highest BCUT2D eigenvalue weighted by molar-refractivity contribution is 5.41. The fourth-order valence-electron chi connectivity index (χ4n) is 0.948. The average molecular weight is 177 g/mol. The molecule has 0 aliphatic rings. The first-order chi connectivity index (χ1) is 6.27. The highest BCUT2D eigenvalue weighted by Gasteiger charge is 2.00. The van der Waals surface area contributed by atoms with Gasteiger partial charge in [-0.15, -0.1) is 0 Å². The molecule has 1 aromatic rings. The van der Waals surface area contributed by atoms with Gasteiger partial charge in [0.2, 0.25) is 0 Å². The SMILES string of the molecule is COCOc1cc(C#N)ccc1C. The summed E-state index contributed by atoms with van der Waals surface area (Å²) >= 11 is 0. The van der Waals surface area contributed by atoms with Gasteiger partial charge in [0.1, 0.15) is 5.75 Å². The van der Waals surface area contributed by atoms with Gasteiger partial charge in [-0.1, -0.05) is 6.07 Å². The summed E-state index contributed by atoms with van der Waals surface area (Å²) in [7, 11) is 1.56. The maximum Gasteiger partial charge on any atom is 0.188 e. The van der Waals surface area contributed by atoms with Crippen LogP contribution in [-0.4, -0.2) is 13.9 Å². The van der Waals surface area contributed by atoms with E-state index in [0.717, 1.165) is 5.56 Å². The highest BCUT2D eigenvalue weighted by atomic mass is 16.7. The summed E-state index contributed by atoms with van der Waals surface area (Å²) in [6.07, 6.45) is 0. The van der Waals surface area contributed by atoms with Crippen LogP contribution in [0.25, 0.3) is 0 Å². The molecule has 0 aromatic heterocycles. The van der Waals surface area contributed by atoms with Gasteiger partial charge in [0.05, 0.1) is 11.6 Å². The Morgan fingerprint density at radius 1 is 1.46 bits per heavy atom. The average Bonchev–Trinajstić information content (AvgIpc) is 2.17. The van der Waals surface area contributed by atoms with Gasteiger partial charge >= 0.3 is 0 Å². The van der Waals surface area contributed by atoms with E-state index in [4.69, 9.17) is 14.7 Å². The Morgan fingerprint density at radius 2 is 2.23 bits per heavy atom. The van der Waals surface area contributed by atoms with Crippen molar-refractivity contribution in [2.24, 2.45) is 0 Å². The molecule has 0 unspecified atom stereocenters. The summed E-state index contributed by atoms with van der Waals surface area (Å²) in [6, 6.07) is 7.36. The summed E-state index contributed by atoms with van der Waals surface area (Å²) in [5, 5.41) is 8.64. The van der Waals surface area contributed by atoms with E-state index in [2.05, 4.69) is 6.07 Å². The van der Waals surface area contributed by atoms with E-state index in [1.807, 2.05) is 13.0 Å². The molecule has 0 saturated heterocycles. The number of benzene rings is 1. The Morgan fingerprint density at radius 3 is 2.85 bits per heavy atom. The fourth-order valence-corrected chi connectivity index (χ4v) is 0.948. The number of rotatable bonds is 3.